The highest BCUT2D eigenvalue weighted by molar-refractivity contribution is 5.76. The number of rotatable bonds is 4. The zero-order valence-electron chi connectivity index (χ0n) is 8.71. The number of nitro groups is 1. The van der Waals surface area contributed by atoms with Gasteiger partial charge in [-0.15, -0.1) is 0 Å². The van der Waals surface area contributed by atoms with Crippen LogP contribution < -0.4 is 5.73 Å². The van der Waals surface area contributed by atoms with Crippen molar-refractivity contribution < 1.29 is 9.72 Å². The van der Waals surface area contributed by atoms with E-state index in [1.54, 1.807) is 19.1 Å². The fourth-order valence-corrected chi connectivity index (χ4v) is 1.11. The van der Waals surface area contributed by atoms with Crippen LogP contribution in [0.25, 0.3) is 6.08 Å². The average Bonchev–Trinajstić information content (AvgIpc) is 2.20. The number of hydrogen-bond donors (Lipinski definition) is 1. The quantitative estimate of drug-likeness (QED) is 0.609. The first-order valence-electron chi connectivity index (χ1n) is 4.56. The van der Waals surface area contributed by atoms with Gasteiger partial charge < -0.3 is 5.73 Å². The molecule has 0 aromatic carbocycles. The maximum atomic E-state index is 10.5. The fourth-order valence-electron chi connectivity index (χ4n) is 1.11. The van der Waals surface area contributed by atoms with Gasteiger partial charge in [-0.1, -0.05) is 12.2 Å². The summed E-state index contributed by atoms with van der Waals surface area (Å²) in [5.74, 6) is -0.452. The molecule has 16 heavy (non-hydrogen) atoms. The number of aromatic nitrogens is 1. The molecule has 0 saturated heterocycles. The minimum atomic E-state index is -0.516. The van der Waals surface area contributed by atoms with Gasteiger partial charge in [0, 0.05) is 23.7 Å². The molecule has 6 heteroatoms. The summed E-state index contributed by atoms with van der Waals surface area (Å²) in [4.78, 5) is 24.4. The van der Waals surface area contributed by atoms with E-state index in [2.05, 4.69) is 4.98 Å². The third-order valence-corrected chi connectivity index (χ3v) is 1.94. The first-order valence-corrected chi connectivity index (χ1v) is 4.56. The number of carbonyl (C=O) groups excluding carboxylic acids is 1. The third kappa shape index (κ3) is 3.16. The van der Waals surface area contributed by atoms with Crippen molar-refractivity contribution in [1.29, 1.82) is 0 Å². The number of primary amides is 1. The van der Waals surface area contributed by atoms with E-state index in [0.29, 0.717) is 11.3 Å². The second-order valence-electron chi connectivity index (χ2n) is 3.20. The van der Waals surface area contributed by atoms with Crippen molar-refractivity contribution in [2.75, 3.05) is 0 Å². The summed E-state index contributed by atoms with van der Waals surface area (Å²) in [6.45, 7) is 1.73. The molecule has 1 aromatic rings. The maximum Gasteiger partial charge on any atom is 0.288 e. The Labute approximate surface area is 91.9 Å². The van der Waals surface area contributed by atoms with Gasteiger partial charge in [0.2, 0.25) is 5.91 Å². The monoisotopic (exact) mass is 221 g/mol. The molecule has 0 bridgehead atoms. The lowest BCUT2D eigenvalue weighted by atomic mass is 10.1. The first-order chi connectivity index (χ1) is 7.50. The van der Waals surface area contributed by atoms with Crippen molar-refractivity contribution in [3.8, 4) is 0 Å². The highest BCUT2D eigenvalue weighted by Gasteiger charge is 2.07. The third-order valence-electron chi connectivity index (χ3n) is 1.94. The van der Waals surface area contributed by atoms with Crippen LogP contribution in [0.1, 0.15) is 17.7 Å². The van der Waals surface area contributed by atoms with Gasteiger partial charge in [-0.3, -0.25) is 19.9 Å². The smallest absolute Gasteiger partial charge is 0.288 e. The summed E-state index contributed by atoms with van der Waals surface area (Å²) in [5.41, 5.74) is 6.14. The molecule has 1 rings (SSSR count). The van der Waals surface area contributed by atoms with Crippen LogP contribution in [-0.2, 0) is 4.79 Å². The van der Waals surface area contributed by atoms with Crippen molar-refractivity contribution in [1.82, 2.24) is 4.98 Å². The van der Waals surface area contributed by atoms with Crippen LogP contribution in [0, 0.1) is 17.0 Å². The number of hydrogen-bond acceptors (Lipinski definition) is 4. The molecule has 0 spiro atoms. The van der Waals surface area contributed by atoms with E-state index in [4.69, 9.17) is 5.73 Å². The van der Waals surface area contributed by atoms with Gasteiger partial charge in [-0.2, -0.15) is 0 Å². The van der Waals surface area contributed by atoms with Gasteiger partial charge in [-0.25, -0.2) is 0 Å². The highest BCUT2D eigenvalue weighted by atomic mass is 16.6. The van der Waals surface area contributed by atoms with E-state index in [0.717, 1.165) is 0 Å². The SMILES string of the molecule is Cc1ncc([N+](=O)[O-])cc1C=CCC(N)=O. The summed E-state index contributed by atoms with van der Waals surface area (Å²) < 4.78 is 0. The predicted octanol–water partition coefficient (Wildman–Crippen LogP) is 1.19. The van der Waals surface area contributed by atoms with Crippen molar-refractivity contribution in [3.63, 3.8) is 0 Å². The molecule has 84 valence electrons. The normalized spacial score (nSPS) is 10.6. The number of amides is 1. The minimum Gasteiger partial charge on any atom is -0.369 e. The van der Waals surface area contributed by atoms with Crippen molar-refractivity contribution in [3.05, 3.63) is 39.7 Å². The summed E-state index contributed by atoms with van der Waals surface area (Å²) in [5, 5.41) is 10.5. The first kappa shape index (κ1) is 11.8. The van der Waals surface area contributed by atoms with Crippen LogP contribution in [0.5, 0.6) is 0 Å². The van der Waals surface area contributed by atoms with Gasteiger partial charge in [-0.05, 0) is 6.92 Å². The lowest BCUT2D eigenvalue weighted by molar-refractivity contribution is -0.385. The van der Waals surface area contributed by atoms with Crippen LogP contribution in [0.15, 0.2) is 18.3 Å². The molecule has 6 nitrogen and oxygen atoms in total. The molecule has 0 saturated carbocycles. The molecule has 1 aromatic heterocycles. The second-order valence-corrected chi connectivity index (χ2v) is 3.20. The Morgan fingerprint density at radius 1 is 1.69 bits per heavy atom. The van der Waals surface area contributed by atoms with E-state index in [1.807, 2.05) is 0 Å². The number of nitrogens with two attached hydrogens (primary N) is 1. The molecule has 2 N–H and O–H groups in total. The number of aryl methyl sites for hydroxylation is 1. The molecule has 0 radical (unpaired) electrons. The molecular weight excluding hydrogens is 210 g/mol. The topological polar surface area (TPSA) is 99.1 Å². The van der Waals surface area contributed by atoms with E-state index in [-0.39, 0.29) is 12.1 Å². The Balaban J connectivity index is 2.94. The van der Waals surface area contributed by atoms with Crippen molar-refractivity contribution in [2.24, 2.45) is 5.73 Å². The molecule has 1 heterocycles. The average molecular weight is 221 g/mol. The van der Waals surface area contributed by atoms with E-state index in [1.165, 1.54) is 12.3 Å². The van der Waals surface area contributed by atoms with E-state index < -0.39 is 10.8 Å². The van der Waals surface area contributed by atoms with E-state index in [9.17, 15) is 14.9 Å². The van der Waals surface area contributed by atoms with Crippen molar-refractivity contribution in [2.45, 2.75) is 13.3 Å². The Bertz CT molecular complexity index is 455. The van der Waals surface area contributed by atoms with Crippen molar-refractivity contribution >= 4 is 17.7 Å². The lowest BCUT2D eigenvalue weighted by Crippen LogP contribution is -2.07. The molecule has 0 fully saturated rings. The van der Waals surface area contributed by atoms with E-state index >= 15 is 0 Å². The summed E-state index contributed by atoms with van der Waals surface area (Å²) >= 11 is 0. The summed E-state index contributed by atoms with van der Waals surface area (Å²) in [6.07, 6.45) is 4.44. The molecule has 0 atom stereocenters. The number of nitrogens with zero attached hydrogens (tertiary/aromatic N) is 2. The molecule has 0 unspecified atom stereocenters. The van der Waals surface area contributed by atoms with Crippen LogP contribution in [-0.4, -0.2) is 15.8 Å². The number of carbonyl (C=O) groups is 1. The molecule has 0 aliphatic heterocycles. The molecule has 0 aliphatic rings. The molecule has 1 amide bonds. The largest absolute Gasteiger partial charge is 0.369 e. The van der Waals surface area contributed by atoms with Crippen LogP contribution in [0.2, 0.25) is 0 Å². The lowest BCUT2D eigenvalue weighted by Gasteiger charge is -1.98. The Kier molecular flexibility index (Phi) is 3.71. The fraction of sp³-hybridized carbons (Fsp3) is 0.200. The zero-order chi connectivity index (χ0) is 12.1. The van der Waals surface area contributed by atoms with Gasteiger partial charge in [0.1, 0.15) is 6.20 Å². The van der Waals surface area contributed by atoms with Crippen LogP contribution >= 0.6 is 0 Å². The maximum absolute atomic E-state index is 10.5. The summed E-state index contributed by atoms with van der Waals surface area (Å²) in [7, 11) is 0. The standard InChI is InChI=1S/C10H11N3O3/c1-7-8(3-2-4-10(11)14)5-9(6-12-7)13(15)16/h2-3,5-6H,4H2,1H3,(H2,11,14). The van der Waals surface area contributed by atoms with Gasteiger partial charge in [0.05, 0.1) is 4.92 Å². The molecular formula is C10H11N3O3. The van der Waals surface area contributed by atoms with Crippen LogP contribution in [0.3, 0.4) is 0 Å². The second kappa shape index (κ2) is 5.01. The highest BCUT2D eigenvalue weighted by Crippen LogP contribution is 2.15. The summed E-state index contributed by atoms with van der Waals surface area (Å²) in [6, 6.07) is 1.40. The van der Waals surface area contributed by atoms with Crippen LogP contribution in [0.4, 0.5) is 5.69 Å². The Hall–Kier alpha value is -2.24. The Morgan fingerprint density at radius 2 is 2.38 bits per heavy atom. The predicted molar refractivity (Wildman–Crippen MR) is 58.5 cm³/mol. The van der Waals surface area contributed by atoms with Gasteiger partial charge in [0.15, 0.2) is 0 Å². The minimum absolute atomic E-state index is 0.0793. The van der Waals surface area contributed by atoms with Gasteiger partial charge >= 0.3 is 0 Å². The molecule has 0 aliphatic carbocycles. The van der Waals surface area contributed by atoms with Gasteiger partial charge in [0.25, 0.3) is 5.69 Å². The Morgan fingerprint density at radius 3 is 2.94 bits per heavy atom. The number of pyridine rings is 1. The zero-order valence-corrected chi connectivity index (χ0v) is 8.71.